The van der Waals surface area contributed by atoms with E-state index in [-0.39, 0.29) is 36.4 Å². The fraction of sp³-hybridized carbons (Fsp3) is 0.351. The Morgan fingerprint density at radius 1 is 1.08 bits per heavy atom. The van der Waals surface area contributed by atoms with Crippen LogP contribution in [0, 0.1) is 32.6 Å². The van der Waals surface area contributed by atoms with E-state index < -0.39 is 12.0 Å². The minimum Gasteiger partial charge on any atom is -0.465 e. The molecule has 1 fully saturated rings. The van der Waals surface area contributed by atoms with Crippen molar-refractivity contribution in [2.75, 3.05) is 33.8 Å². The van der Waals surface area contributed by atoms with Crippen LogP contribution in [0.1, 0.15) is 84.8 Å². The van der Waals surface area contributed by atoms with Crippen LogP contribution in [0.4, 0.5) is 0 Å². The summed E-state index contributed by atoms with van der Waals surface area (Å²) in [6.07, 6.45) is 1.35. The summed E-state index contributed by atoms with van der Waals surface area (Å²) in [6, 6.07) is 11.7. The highest BCUT2D eigenvalue weighted by Crippen LogP contribution is 2.40. The smallest absolute Gasteiger partial charge is 0.339 e. The molecule has 50 heavy (non-hydrogen) atoms. The lowest BCUT2D eigenvalue weighted by molar-refractivity contribution is -0.133. The lowest BCUT2D eigenvalue weighted by atomic mass is 9.99. The van der Waals surface area contributed by atoms with Crippen LogP contribution in [0.25, 0.3) is 5.00 Å². The molecular formula is C37H38ClN7O4S. The molecule has 2 aliphatic rings. The first-order valence-electron chi connectivity index (χ1n) is 16.3. The molecule has 13 heteroatoms. The van der Waals surface area contributed by atoms with E-state index in [9.17, 15) is 14.4 Å². The average molecular weight is 712 g/mol. The SMILES string of the molecule is COC(=O)c1ccc(C(=O)N(C)C2CCN(C(=O)C[C@@H]3N=C(c4ccc(Cl)cc4)c4c(sc(C)c4C)-n4c(C)nnc43)CC2)cc1C#CCN. The minimum absolute atomic E-state index is 0.0338. The first-order chi connectivity index (χ1) is 24.0. The maximum absolute atomic E-state index is 13.9. The van der Waals surface area contributed by atoms with Crippen molar-refractivity contribution in [1.29, 1.82) is 0 Å². The summed E-state index contributed by atoms with van der Waals surface area (Å²) >= 11 is 7.91. The number of carbonyl (C=O) groups excluding carboxylic acids is 3. The Balaban J connectivity index is 1.20. The number of piperidine rings is 1. The molecule has 1 saturated heterocycles. The Labute approximate surface area is 300 Å². The van der Waals surface area contributed by atoms with Crippen molar-refractivity contribution in [2.45, 2.75) is 52.1 Å². The van der Waals surface area contributed by atoms with E-state index in [2.05, 4.69) is 35.9 Å². The number of esters is 1. The van der Waals surface area contributed by atoms with Crippen LogP contribution in [-0.4, -0.2) is 87.9 Å². The van der Waals surface area contributed by atoms with Crippen LogP contribution in [0.2, 0.25) is 5.02 Å². The number of ether oxygens (including phenoxy) is 1. The third-order valence-corrected chi connectivity index (χ3v) is 10.9. The third kappa shape index (κ3) is 6.68. The molecule has 1 atom stereocenters. The van der Waals surface area contributed by atoms with Crippen molar-refractivity contribution in [3.8, 4) is 16.8 Å². The summed E-state index contributed by atoms with van der Waals surface area (Å²) < 4.78 is 6.91. The van der Waals surface area contributed by atoms with Gasteiger partial charge in [-0.05, 0) is 69.5 Å². The molecule has 2 aliphatic heterocycles. The Bertz CT molecular complexity index is 2070. The number of nitrogens with two attached hydrogens (primary N) is 1. The van der Waals surface area contributed by atoms with Gasteiger partial charge in [-0.1, -0.05) is 35.6 Å². The van der Waals surface area contributed by atoms with Gasteiger partial charge in [-0.15, -0.1) is 21.5 Å². The van der Waals surface area contributed by atoms with Crippen LogP contribution in [0.15, 0.2) is 47.5 Å². The Morgan fingerprint density at radius 3 is 2.48 bits per heavy atom. The number of amides is 2. The van der Waals surface area contributed by atoms with Crippen molar-refractivity contribution in [3.05, 3.63) is 97.4 Å². The van der Waals surface area contributed by atoms with Gasteiger partial charge < -0.3 is 20.3 Å². The molecule has 2 aromatic carbocycles. The fourth-order valence-corrected chi connectivity index (χ4v) is 7.85. The molecule has 0 saturated carbocycles. The molecule has 4 heterocycles. The van der Waals surface area contributed by atoms with E-state index in [1.54, 1.807) is 41.5 Å². The molecule has 0 radical (unpaired) electrons. The average Bonchev–Trinajstić information content (AvgIpc) is 3.61. The highest BCUT2D eigenvalue weighted by molar-refractivity contribution is 7.15. The van der Waals surface area contributed by atoms with Crippen LogP contribution in [0.3, 0.4) is 0 Å². The quantitative estimate of drug-likeness (QED) is 0.219. The van der Waals surface area contributed by atoms with Crippen molar-refractivity contribution in [3.63, 3.8) is 0 Å². The number of aliphatic imine (C=N–C) groups is 1. The number of hydrogen-bond acceptors (Lipinski definition) is 9. The van der Waals surface area contributed by atoms with Crippen LogP contribution < -0.4 is 5.73 Å². The summed E-state index contributed by atoms with van der Waals surface area (Å²) in [6.45, 7) is 7.21. The number of likely N-dealkylation sites (tertiary alicyclic amines) is 1. The van der Waals surface area contributed by atoms with Gasteiger partial charge in [-0.3, -0.25) is 19.1 Å². The van der Waals surface area contributed by atoms with Crippen molar-refractivity contribution in [1.82, 2.24) is 24.6 Å². The predicted molar refractivity (Wildman–Crippen MR) is 193 cm³/mol. The lowest BCUT2D eigenvalue weighted by Crippen LogP contribution is -2.47. The normalized spacial score (nSPS) is 15.6. The van der Waals surface area contributed by atoms with Gasteiger partial charge in [-0.2, -0.15) is 0 Å². The van der Waals surface area contributed by atoms with E-state index in [0.29, 0.717) is 47.9 Å². The van der Waals surface area contributed by atoms with E-state index in [1.807, 2.05) is 40.7 Å². The Kier molecular flexibility index (Phi) is 10.2. The standard InChI is InChI=1S/C37H38ClN7O4S/c1-21-22(2)50-36-32(21)33(24-8-11-27(38)12-9-24)40-30(34-42-41-23(3)45(34)36)20-31(46)44-17-14-28(15-18-44)43(4)35(47)26-10-13-29(37(48)49-5)25(19-26)7-6-16-39/h8-13,19,28,30H,14-18,20,39H2,1-5H3/t30-/m0/s1. The lowest BCUT2D eigenvalue weighted by Gasteiger charge is -2.37. The van der Waals surface area contributed by atoms with Gasteiger partial charge >= 0.3 is 5.97 Å². The maximum atomic E-state index is 13.9. The number of aromatic nitrogens is 3. The van der Waals surface area contributed by atoms with E-state index in [1.165, 1.54) is 12.0 Å². The number of rotatable bonds is 6. The molecule has 0 unspecified atom stereocenters. The summed E-state index contributed by atoms with van der Waals surface area (Å²) in [7, 11) is 3.06. The zero-order chi connectivity index (χ0) is 35.7. The van der Waals surface area contributed by atoms with E-state index >= 15 is 0 Å². The Morgan fingerprint density at radius 2 is 1.80 bits per heavy atom. The van der Waals surface area contributed by atoms with Gasteiger partial charge in [0.1, 0.15) is 16.9 Å². The molecule has 6 rings (SSSR count). The second-order valence-electron chi connectivity index (χ2n) is 12.4. The molecule has 2 amide bonds. The molecular weight excluding hydrogens is 674 g/mol. The molecule has 0 aliphatic carbocycles. The second kappa shape index (κ2) is 14.6. The third-order valence-electron chi connectivity index (χ3n) is 9.41. The number of thiophene rings is 1. The second-order valence-corrected chi connectivity index (χ2v) is 14.0. The number of nitrogens with zero attached hydrogens (tertiary/aromatic N) is 6. The number of benzene rings is 2. The van der Waals surface area contributed by atoms with E-state index in [0.717, 1.165) is 33.2 Å². The van der Waals surface area contributed by atoms with Gasteiger partial charge in [0.05, 0.1) is 31.4 Å². The van der Waals surface area contributed by atoms with Crippen molar-refractivity contribution in [2.24, 2.45) is 10.7 Å². The molecule has 0 spiro atoms. The van der Waals surface area contributed by atoms with Crippen molar-refractivity contribution < 1.29 is 19.1 Å². The first-order valence-corrected chi connectivity index (χ1v) is 17.5. The monoisotopic (exact) mass is 711 g/mol. The number of hydrogen-bond donors (Lipinski definition) is 1. The zero-order valence-corrected chi connectivity index (χ0v) is 30.2. The van der Waals surface area contributed by atoms with Crippen LogP contribution >= 0.6 is 22.9 Å². The number of fused-ring (bicyclic) bond motifs is 3. The van der Waals surface area contributed by atoms with Crippen LogP contribution in [-0.2, 0) is 9.53 Å². The first kappa shape index (κ1) is 35.0. The minimum atomic E-state index is -0.555. The zero-order valence-electron chi connectivity index (χ0n) is 28.6. The summed E-state index contributed by atoms with van der Waals surface area (Å²) in [5, 5.41) is 10.6. The number of aryl methyl sites for hydroxylation is 2. The summed E-state index contributed by atoms with van der Waals surface area (Å²) in [5.74, 6) is 6.22. The van der Waals surface area contributed by atoms with E-state index in [4.69, 9.17) is 27.1 Å². The van der Waals surface area contributed by atoms with Gasteiger partial charge in [0.15, 0.2) is 5.82 Å². The molecule has 258 valence electrons. The highest BCUT2D eigenvalue weighted by atomic mass is 35.5. The maximum Gasteiger partial charge on any atom is 0.339 e. The fourth-order valence-electron chi connectivity index (χ4n) is 6.51. The van der Waals surface area contributed by atoms with Gasteiger partial charge in [0, 0.05) is 58.3 Å². The molecule has 11 nitrogen and oxygen atoms in total. The highest BCUT2D eigenvalue weighted by Gasteiger charge is 2.35. The molecule has 4 aromatic rings. The number of carbonyl (C=O) groups is 3. The molecule has 2 N–H and O–H groups in total. The van der Waals surface area contributed by atoms with Gasteiger partial charge in [-0.25, -0.2) is 4.79 Å². The van der Waals surface area contributed by atoms with Gasteiger partial charge in [0.2, 0.25) is 5.91 Å². The number of methoxy groups -OCH3 is 1. The summed E-state index contributed by atoms with van der Waals surface area (Å²) in [4.78, 5) is 49.7. The molecule has 2 aromatic heterocycles. The van der Waals surface area contributed by atoms with Gasteiger partial charge in [0.25, 0.3) is 5.91 Å². The van der Waals surface area contributed by atoms with Crippen molar-refractivity contribution >= 4 is 46.4 Å². The molecule has 0 bridgehead atoms. The largest absolute Gasteiger partial charge is 0.465 e. The summed E-state index contributed by atoms with van der Waals surface area (Å²) in [5.41, 5.74) is 10.5. The Hall–Kier alpha value is -4.83. The number of halogens is 1. The predicted octanol–water partition coefficient (Wildman–Crippen LogP) is 5.05. The topological polar surface area (TPSA) is 136 Å². The van der Waals surface area contributed by atoms with Crippen LogP contribution in [0.5, 0.6) is 0 Å².